The topological polar surface area (TPSA) is 224 Å². The third-order valence-corrected chi connectivity index (χ3v) is 8.63. The van der Waals surface area contributed by atoms with Crippen molar-refractivity contribution in [1.82, 2.24) is 0 Å². The van der Waals surface area contributed by atoms with Crippen LogP contribution in [0.3, 0.4) is 0 Å². The lowest BCUT2D eigenvalue weighted by atomic mass is 9.90. The van der Waals surface area contributed by atoms with Gasteiger partial charge in [0.1, 0.15) is 42.9 Å². The normalized spacial score (nSPS) is 33.3. The predicted molar refractivity (Wildman–Crippen MR) is 162 cm³/mol. The zero-order valence-corrected chi connectivity index (χ0v) is 28.0. The number of non-ortho nitro benzene ring substituents is 1. The van der Waals surface area contributed by atoms with E-state index in [1.54, 1.807) is 0 Å². The summed E-state index contributed by atoms with van der Waals surface area (Å²) in [6.45, 7) is 3.97. The maximum absolute atomic E-state index is 12.4. The summed E-state index contributed by atoms with van der Waals surface area (Å²) in [5.74, 6) is -4.01. The first kappa shape index (κ1) is 37.3. The van der Waals surface area contributed by atoms with Crippen molar-refractivity contribution in [2.75, 3.05) is 13.2 Å². The van der Waals surface area contributed by atoms with E-state index < -0.39 is 103 Å². The third kappa shape index (κ3) is 8.85. The summed E-state index contributed by atoms with van der Waals surface area (Å²) in [5.41, 5.74) is -0.181. The van der Waals surface area contributed by atoms with E-state index in [1.807, 2.05) is 0 Å². The molecule has 10 atom stereocenters. The molecule has 1 aromatic carbocycles. The average molecular weight is 712 g/mol. The summed E-state index contributed by atoms with van der Waals surface area (Å²) in [4.78, 5) is 59.2. The van der Waals surface area contributed by atoms with Crippen LogP contribution in [0.1, 0.15) is 59.8 Å². The summed E-state index contributed by atoms with van der Waals surface area (Å²) in [6, 6.07) is 5.11. The SMILES string of the molecule is CC(=O)OCC1O[C@H](O[C@@H]2C(O)[C@H](Oc3ccc([N+](=O)[O-])cc3)OC3COC4(CCCCC4)O[C@H]32)C(OC(C)=O)C(OC(C)=O)[C@@H]1OC(C)=O. The summed E-state index contributed by atoms with van der Waals surface area (Å²) in [7, 11) is 0. The predicted octanol–water partition coefficient (Wildman–Crippen LogP) is 1.60. The Kier molecular flexibility index (Phi) is 11.9. The second-order valence-electron chi connectivity index (χ2n) is 12.4. The first-order chi connectivity index (χ1) is 23.7. The van der Waals surface area contributed by atoms with E-state index in [9.17, 15) is 34.4 Å². The number of carbonyl (C=O) groups is 4. The van der Waals surface area contributed by atoms with Crippen LogP contribution in [-0.2, 0) is 61.8 Å². The van der Waals surface area contributed by atoms with Crippen molar-refractivity contribution in [3.8, 4) is 5.75 Å². The Morgan fingerprint density at radius 3 is 2.06 bits per heavy atom. The van der Waals surface area contributed by atoms with Crippen molar-refractivity contribution in [3.05, 3.63) is 34.4 Å². The lowest BCUT2D eigenvalue weighted by Crippen LogP contribution is -2.69. The molecular weight excluding hydrogens is 670 g/mol. The van der Waals surface area contributed by atoms with Gasteiger partial charge >= 0.3 is 23.9 Å². The van der Waals surface area contributed by atoms with Crippen molar-refractivity contribution >= 4 is 29.6 Å². The molecule has 5 rings (SSSR count). The van der Waals surface area contributed by atoms with Crippen molar-refractivity contribution in [1.29, 1.82) is 0 Å². The van der Waals surface area contributed by atoms with Gasteiger partial charge < -0.3 is 52.5 Å². The molecule has 1 saturated carbocycles. The van der Waals surface area contributed by atoms with Crippen LogP contribution in [0.5, 0.6) is 5.75 Å². The van der Waals surface area contributed by atoms with Crippen LogP contribution < -0.4 is 4.74 Å². The number of nitro groups is 1. The van der Waals surface area contributed by atoms with Gasteiger partial charge in [0, 0.05) is 52.7 Å². The van der Waals surface area contributed by atoms with E-state index in [1.165, 1.54) is 24.3 Å². The molecule has 0 radical (unpaired) electrons. The quantitative estimate of drug-likeness (QED) is 0.157. The van der Waals surface area contributed by atoms with Crippen molar-refractivity contribution < 1.29 is 76.6 Å². The molecule has 18 heteroatoms. The first-order valence-electron chi connectivity index (χ1n) is 16.3. The van der Waals surface area contributed by atoms with Gasteiger partial charge in [-0.2, -0.15) is 0 Å². The van der Waals surface area contributed by atoms with Crippen molar-refractivity contribution in [2.45, 2.75) is 127 Å². The van der Waals surface area contributed by atoms with Crippen LogP contribution in [-0.4, -0.2) is 114 Å². The molecule has 1 N–H and O–H groups in total. The molecule has 50 heavy (non-hydrogen) atoms. The molecule has 1 aliphatic carbocycles. The highest BCUT2D eigenvalue weighted by Crippen LogP contribution is 2.43. The lowest BCUT2D eigenvalue weighted by Gasteiger charge is -2.53. The van der Waals surface area contributed by atoms with Crippen LogP contribution in [0, 0.1) is 10.1 Å². The van der Waals surface area contributed by atoms with Crippen LogP contribution in [0.15, 0.2) is 24.3 Å². The Labute approximate surface area is 286 Å². The molecule has 276 valence electrons. The number of hydrogen-bond donors (Lipinski definition) is 1. The number of fused-ring (bicyclic) bond motifs is 1. The van der Waals surface area contributed by atoms with E-state index in [0.717, 1.165) is 47.0 Å². The number of carbonyl (C=O) groups excluding carboxylic acids is 4. The number of nitro benzene ring substituents is 1. The highest BCUT2D eigenvalue weighted by Gasteiger charge is 2.59. The number of hydrogen-bond acceptors (Lipinski definition) is 17. The molecule has 0 aromatic heterocycles. The maximum atomic E-state index is 12.4. The fraction of sp³-hybridized carbons (Fsp3) is 0.688. The Morgan fingerprint density at radius 2 is 1.46 bits per heavy atom. The van der Waals surface area contributed by atoms with Gasteiger partial charge in [-0.15, -0.1) is 0 Å². The fourth-order valence-electron chi connectivity index (χ4n) is 6.53. The standard InChI is InChI=1S/C32H41NO17/c1-16(34)41-14-22-25(43-17(2)35)28(44-18(3)36)29(45-19(4)37)31(48-22)49-27-24(38)30(46-21-10-8-20(9-11-21)33(39)40)47-23-15-42-32(50-26(23)27)12-6-5-7-13-32/h8-11,22-31,38H,5-7,12-15H2,1-4H3/t22?,23?,24?,25-,26-,27-,28?,29?,30-,31-/m1/s1. The van der Waals surface area contributed by atoms with Gasteiger partial charge in [0.2, 0.25) is 6.29 Å². The molecule has 3 saturated heterocycles. The molecule has 3 heterocycles. The summed E-state index contributed by atoms with van der Waals surface area (Å²) in [6.07, 6.45) is -9.93. The number of rotatable bonds is 10. The number of aliphatic hydroxyl groups excluding tert-OH is 1. The molecule has 0 amide bonds. The molecule has 18 nitrogen and oxygen atoms in total. The highest BCUT2D eigenvalue weighted by atomic mass is 16.8. The minimum atomic E-state index is -1.64. The van der Waals surface area contributed by atoms with Gasteiger partial charge in [0.25, 0.3) is 5.69 Å². The molecule has 5 unspecified atom stereocenters. The number of ether oxygens (including phenoxy) is 10. The first-order valence-corrected chi connectivity index (χ1v) is 16.3. The van der Waals surface area contributed by atoms with Crippen molar-refractivity contribution in [3.63, 3.8) is 0 Å². The minimum absolute atomic E-state index is 0.0238. The van der Waals surface area contributed by atoms with E-state index in [0.29, 0.717) is 12.8 Å². The molecule has 3 aliphatic heterocycles. The smallest absolute Gasteiger partial charge is 0.303 e. The van der Waals surface area contributed by atoms with Crippen molar-refractivity contribution in [2.24, 2.45) is 0 Å². The van der Waals surface area contributed by atoms with E-state index in [-0.39, 0.29) is 18.0 Å². The fourth-order valence-corrected chi connectivity index (χ4v) is 6.53. The Balaban J connectivity index is 1.50. The van der Waals surface area contributed by atoms with Crippen LogP contribution in [0.25, 0.3) is 0 Å². The summed E-state index contributed by atoms with van der Waals surface area (Å²) < 4.78 is 59.0. The van der Waals surface area contributed by atoms with E-state index in [4.69, 9.17) is 47.4 Å². The van der Waals surface area contributed by atoms with Crippen LogP contribution >= 0.6 is 0 Å². The zero-order valence-electron chi connectivity index (χ0n) is 28.0. The van der Waals surface area contributed by atoms with Gasteiger partial charge in [-0.1, -0.05) is 6.42 Å². The Morgan fingerprint density at radius 1 is 0.840 bits per heavy atom. The van der Waals surface area contributed by atoms with Crippen LogP contribution in [0.4, 0.5) is 5.69 Å². The number of benzene rings is 1. The highest BCUT2D eigenvalue weighted by molar-refractivity contribution is 5.68. The maximum Gasteiger partial charge on any atom is 0.303 e. The van der Waals surface area contributed by atoms with Gasteiger partial charge in [0.05, 0.1) is 11.5 Å². The van der Waals surface area contributed by atoms with Gasteiger partial charge in [-0.05, 0) is 25.0 Å². The van der Waals surface area contributed by atoms with E-state index in [2.05, 4.69) is 0 Å². The molecule has 1 spiro atoms. The lowest BCUT2D eigenvalue weighted by molar-refractivity contribution is -0.409. The number of esters is 4. The van der Waals surface area contributed by atoms with E-state index >= 15 is 0 Å². The number of aliphatic hydroxyl groups is 1. The molecular formula is C32H41NO17. The largest absolute Gasteiger partial charge is 0.463 e. The molecule has 4 aliphatic rings. The molecule has 0 bridgehead atoms. The molecule has 4 fully saturated rings. The van der Waals surface area contributed by atoms with Gasteiger partial charge in [-0.25, -0.2) is 0 Å². The number of nitrogens with zero attached hydrogens (tertiary/aromatic N) is 1. The third-order valence-electron chi connectivity index (χ3n) is 8.63. The minimum Gasteiger partial charge on any atom is -0.463 e. The Bertz CT molecular complexity index is 1400. The van der Waals surface area contributed by atoms with Gasteiger partial charge in [-0.3, -0.25) is 29.3 Å². The Hall–Kier alpha value is -3.94. The molecule has 1 aromatic rings. The van der Waals surface area contributed by atoms with Crippen LogP contribution in [0.2, 0.25) is 0 Å². The zero-order chi connectivity index (χ0) is 36.2. The second kappa shape index (κ2) is 15.9. The summed E-state index contributed by atoms with van der Waals surface area (Å²) in [5, 5.41) is 22.9. The second-order valence-corrected chi connectivity index (χ2v) is 12.4. The monoisotopic (exact) mass is 711 g/mol. The average Bonchev–Trinajstić information content (AvgIpc) is 3.05. The van der Waals surface area contributed by atoms with Gasteiger partial charge in [0.15, 0.2) is 30.4 Å². The summed E-state index contributed by atoms with van der Waals surface area (Å²) >= 11 is 0.